The fraction of sp³-hybridized carbons (Fsp3) is 0.571. The molecule has 1 aromatic carbocycles. The molecule has 1 heterocycles. The Labute approximate surface area is 127 Å². The molecule has 1 aliphatic heterocycles. The summed E-state index contributed by atoms with van der Waals surface area (Å²) in [7, 11) is 0. The summed E-state index contributed by atoms with van der Waals surface area (Å²) in [6, 6.07) is 1.87. The summed E-state index contributed by atoms with van der Waals surface area (Å²) in [5.41, 5.74) is -1.47. The molecule has 0 aromatic heterocycles. The SMILES string of the molecule is FC(F)COc1ccc(C(F)F)c2c1CC(F)(F)C21OCCO1. The highest BCUT2D eigenvalue weighted by atomic mass is 19.3. The lowest BCUT2D eigenvalue weighted by atomic mass is 9.98. The zero-order valence-electron chi connectivity index (χ0n) is 11.6. The summed E-state index contributed by atoms with van der Waals surface area (Å²) in [6.07, 6.45) is -6.86. The average molecular weight is 342 g/mol. The summed E-state index contributed by atoms with van der Waals surface area (Å²) in [5, 5.41) is 0. The molecule has 23 heavy (non-hydrogen) atoms. The predicted molar refractivity (Wildman–Crippen MR) is 65.1 cm³/mol. The smallest absolute Gasteiger partial charge is 0.309 e. The van der Waals surface area contributed by atoms with E-state index < -0.39 is 48.7 Å². The topological polar surface area (TPSA) is 27.7 Å². The molecule has 128 valence electrons. The lowest BCUT2D eigenvalue weighted by Crippen LogP contribution is -2.43. The molecule has 1 saturated heterocycles. The van der Waals surface area contributed by atoms with Crippen molar-refractivity contribution in [3.8, 4) is 5.75 Å². The van der Waals surface area contributed by atoms with Crippen LogP contribution in [0.15, 0.2) is 12.1 Å². The van der Waals surface area contributed by atoms with Gasteiger partial charge >= 0.3 is 5.92 Å². The van der Waals surface area contributed by atoms with Gasteiger partial charge in [-0.1, -0.05) is 0 Å². The van der Waals surface area contributed by atoms with Crippen LogP contribution in [0.2, 0.25) is 0 Å². The van der Waals surface area contributed by atoms with Crippen molar-refractivity contribution in [3.63, 3.8) is 0 Å². The fourth-order valence-electron chi connectivity index (χ4n) is 2.97. The third-order valence-corrected chi connectivity index (χ3v) is 3.81. The maximum absolute atomic E-state index is 14.4. The Hall–Kier alpha value is -1.48. The number of alkyl halides is 6. The second-order valence-electron chi connectivity index (χ2n) is 5.20. The molecule has 0 atom stereocenters. The molecule has 9 heteroatoms. The zero-order chi connectivity index (χ0) is 16.8. The lowest BCUT2D eigenvalue weighted by Gasteiger charge is -2.30. The van der Waals surface area contributed by atoms with E-state index in [1.807, 2.05) is 0 Å². The molecule has 1 fully saturated rings. The number of ether oxygens (including phenoxy) is 3. The first-order valence-electron chi connectivity index (χ1n) is 6.79. The predicted octanol–water partition coefficient (Wildman–Crippen LogP) is 3.66. The number of hydrogen-bond donors (Lipinski definition) is 0. The molecule has 3 rings (SSSR count). The number of hydrogen-bond acceptors (Lipinski definition) is 3. The standard InChI is InChI=1S/C14H12F6O3/c15-10(16)6-21-9-2-1-7(12(17)18)11-8(9)5-13(19,20)14(11)22-3-4-23-14/h1-2,10,12H,3-6H2. The molecule has 2 aliphatic rings. The van der Waals surface area contributed by atoms with Gasteiger partial charge < -0.3 is 14.2 Å². The lowest BCUT2D eigenvalue weighted by molar-refractivity contribution is -0.289. The van der Waals surface area contributed by atoms with Gasteiger partial charge in [0.05, 0.1) is 13.2 Å². The third-order valence-electron chi connectivity index (χ3n) is 3.81. The fourth-order valence-corrected chi connectivity index (χ4v) is 2.97. The van der Waals surface area contributed by atoms with Crippen LogP contribution in [-0.4, -0.2) is 32.2 Å². The van der Waals surface area contributed by atoms with Gasteiger partial charge in [0, 0.05) is 23.1 Å². The normalized spacial score (nSPS) is 21.4. The first kappa shape index (κ1) is 16.4. The van der Waals surface area contributed by atoms with E-state index in [4.69, 9.17) is 14.2 Å². The summed E-state index contributed by atoms with van der Waals surface area (Å²) < 4.78 is 94.7. The van der Waals surface area contributed by atoms with Gasteiger partial charge in [-0.25, -0.2) is 17.6 Å². The molecule has 1 aliphatic carbocycles. The highest BCUT2D eigenvalue weighted by Gasteiger charge is 2.66. The molecular weight excluding hydrogens is 330 g/mol. The van der Waals surface area contributed by atoms with Gasteiger partial charge in [0.15, 0.2) is 0 Å². The largest absolute Gasteiger partial charge is 0.487 e. The van der Waals surface area contributed by atoms with Crippen LogP contribution in [0, 0.1) is 0 Å². The van der Waals surface area contributed by atoms with E-state index in [2.05, 4.69) is 0 Å². The van der Waals surface area contributed by atoms with Crippen LogP contribution in [0.4, 0.5) is 26.3 Å². The summed E-state index contributed by atoms with van der Waals surface area (Å²) in [4.78, 5) is 0. The molecule has 3 nitrogen and oxygen atoms in total. The van der Waals surface area contributed by atoms with Gasteiger partial charge in [0.25, 0.3) is 18.6 Å². The quantitative estimate of drug-likeness (QED) is 0.782. The Morgan fingerprint density at radius 2 is 1.74 bits per heavy atom. The van der Waals surface area contributed by atoms with Crippen LogP contribution in [-0.2, 0) is 21.7 Å². The Balaban J connectivity index is 2.14. The van der Waals surface area contributed by atoms with Gasteiger partial charge in [-0.05, 0) is 12.1 Å². The van der Waals surface area contributed by atoms with Crippen molar-refractivity contribution < 1.29 is 40.6 Å². The van der Waals surface area contributed by atoms with E-state index in [0.717, 1.165) is 12.1 Å². The summed E-state index contributed by atoms with van der Waals surface area (Å²) >= 11 is 0. The minimum absolute atomic E-state index is 0.181. The van der Waals surface area contributed by atoms with Gasteiger partial charge in [-0.15, -0.1) is 0 Å². The highest BCUT2D eigenvalue weighted by Crippen LogP contribution is 2.57. The molecule has 0 N–H and O–H groups in total. The first-order valence-corrected chi connectivity index (χ1v) is 6.79. The van der Waals surface area contributed by atoms with Crippen molar-refractivity contribution in [1.29, 1.82) is 0 Å². The maximum Gasteiger partial charge on any atom is 0.309 e. The van der Waals surface area contributed by atoms with Gasteiger partial charge in [0.2, 0.25) is 0 Å². The van der Waals surface area contributed by atoms with E-state index in [9.17, 15) is 26.3 Å². The van der Waals surface area contributed by atoms with Crippen LogP contribution in [0.1, 0.15) is 23.1 Å². The van der Waals surface area contributed by atoms with E-state index in [-0.39, 0.29) is 24.5 Å². The Bertz CT molecular complexity index is 598. The van der Waals surface area contributed by atoms with Crippen LogP contribution < -0.4 is 4.74 Å². The summed E-state index contributed by atoms with van der Waals surface area (Å²) in [5.74, 6) is -6.52. The van der Waals surface area contributed by atoms with Crippen molar-refractivity contribution in [3.05, 3.63) is 28.8 Å². The van der Waals surface area contributed by atoms with Gasteiger partial charge in [-0.3, -0.25) is 0 Å². The van der Waals surface area contributed by atoms with E-state index in [1.54, 1.807) is 0 Å². The van der Waals surface area contributed by atoms with Crippen molar-refractivity contribution in [1.82, 2.24) is 0 Å². The molecule has 0 unspecified atom stereocenters. The molecule has 0 bridgehead atoms. The zero-order valence-corrected chi connectivity index (χ0v) is 11.6. The van der Waals surface area contributed by atoms with Crippen molar-refractivity contribution in [2.45, 2.75) is 31.0 Å². The monoisotopic (exact) mass is 342 g/mol. The molecular formula is C14H12F6O3. The van der Waals surface area contributed by atoms with Gasteiger partial charge in [-0.2, -0.15) is 8.78 Å². The van der Waals surface area contributed by atoms with Crippen LogP contribution in [0.3, 0.4) is 0 Å². The van der Waals surface area contributed by atoms with Crippen molar-refractivity contribution in [2.75, 3.05) is 19.8 Å². The highest BCUT2D eigenvalue weighted by molar-refractivity contribution is 5.53. The minimum Gasteiger partial charge on any atom is -0.487 e. The summed E-state index contributed by atoms with van der Waals surface area (Å²) in [6.45, 7) is -1.39. The number of benzene rings is 1. The Morgan fingerprint density at radius 3 is 2.30 bits per heavy atom. The molecule has 0 radical (unpaired) electrons. The first-order chi connectivity index (χ1) is 10.8. The molecule has 0 amide bonds. The van der Waals surface area contributed by atoms with E-state index >= 15 is 0 Å². The van der Waals surface area contributed by atoms with Crippen molar-refractivity contribution in [2.24, 2.45) is 0 Å². The number of rotatable bonds is 4. The Kier molecular flexibility index (Phi) is 3.96. The minimum atomic E-state index is -3.61. The van der Waals surface area contributed by atoms with Crippen LogP contribution in [0.25, 0.3) is 0 Å². The van der Waals surface area contributed by atoms with Gasteiger partial charge in [0.1, 0.15) is 12.4 Å². The van der Waals surface area contributed by atoms with Crippen LogP contribution >= 0.6 is 0 Å². The van der Waals surface area contributed by atoms with Crippen LogP contribution in [0.5, 0.6) is 5.75 Å². The average Bonchev–Trinajstić information content (AvgIpc) is 3.03. The van der Waals surface area contributed by atoms with E-state index in [1.165, 1.54) is 0 Å². The Morgan fingerprint density at radius 1 is 1.09 bits per heavy atom. The number of halogens is 6. The third kappa shape index (κ3) is 2.46. The second-order valence-corrected chi connectivity index (χ2v) is 5.20. The molecule has 1 aromatic rings. The molecule has 1 spiro atoms. The van der Waals surface area contributed by atoms with E-state index in [0.29, 0.717) is 0 Å². The second kappa shape index (κ2) is 5.55. The maximum atomic E-state index is 14.4. The molecule has 0 saturated carbocycles. The number of fused-ring (bicyclic) bond motifs is 2. The van der Waals surface area contributed by atoms with Crippen molar-refractivity contribution >= 4 is 0 Å².